The summed E-state index contributed by atoms with van der Waals surface area (Å²) in [5.74, 6) is 0. The lowest BCUT2D eigenvalue weighted by atomic mass is 9.78. The maximum absolute atomic E-state index is 7.04. The number of rotatable bonds is 5. The first kappa shape index (κ1) is 32.4. The SMILES string of the molecule is CC(C)(C)c1cc(-c2ccccc2-c2cccc3c2oc2c(-c4cc(-c5cccnc5)cc(-c5cccnc5)c4)cccc23)cc(C(C)(C)C)c1. The molecular formula is C48H42N2O. The molecule has 3 heterocycles. The van der Waals surface area contributed by atoms with E-state index in [4.69, 9.17) is 4.42 Å². The highest BCUT2D eigenvalue weighted by Gasteiger charge is 2.23. The monoisotopic (exact) mass is 662 g/mol. The third kappa shape index (κ3) is 6.14. The molecule has 3 aromatic heterocycles. The molecule has 0 spiro atoms. The summed E-state index contributed by atoms with van der Waals surface area (Å²) < 4.78 is 7.04. The van der Waals surface area contributed by atoms with E-state index in [0.29, 0.717) is 0 Å². The highest BCUT2D eigenvalue weighted by atomic mass is 16.3. The molecule has 8 rings (SSSR count). The first-order valence-electron chi connectivity index (χ1n) is 17.7. The quantitative estimate of drug-likeness (QED) is 0.184. The van der Waals surface area contributed by atoms with Crippen LogP contribution in [-0.2, 0) is 10.8 Å². The summed E-state index contributed by atoms with van der Waals surface area (Å²) in [5.41, 5.74) is 15.6. The van der Waals surface area contributed by atoms with E-state index < -0.39 is 0 Å². The smallest absolute Gasteiger partial charge is 0.143 e. The van der Waals surface area contributed by atoms with Gasteiger partial charge >= 0.3 is 0 Å². The number of benzene rings is 5. The van der Waals surface area contributed by atoms with Gasteiger partial charge in [0.25, 0.3) is 0 Å². The van der Waals surface area contributed by atoms with Crippen LogP contribution in [0.25, 0.3) is 77.6 Å². The van der Waals surface area contributed by atoms with E-state index in [1.165, 1.54) is 22.3 Å². The number of aromatic nitrogens is 2. The van der Waals surface area contributed by atoms with Crippen molar-refractivity contribution in [3.8, 4) is 55.6 Å². The van der Waals surface area contributed by atoms with Crippen LogP contribution >= 0.6 is 0 Å². The van der Waals surface area contributed by atoms with Crippen LogP contribution in [0.4, 0.5) is 0 Å². The van der Waals surface area contributed by atoms with E-state index in [1.807, 2.05) is 36.9 Å². The largest absolute Gasteiger partial charge is 0.455 e. The standard InChI is InChI=1S/C48H42N2O/c1-47(2,3)37-26-36(27-38(28-37)48(4,5)6)39-15-7-8-16-41(39)42-18-10-20-44-43-19-9-17-40(45(43)51-46(42)44)35-24-33(31-13-11-21-49-29-31)23-34(25-35)32-14-12-22-50-30-32/h7-30H,1-6H3. The van der Waals surface area contributed by atoms with Crippen molar-refractivity contribution in [1.29, 1.82) is 0 Å². The van der Waals surface area contributed by atoms with E-state index in [2.05, 4.69) is 161 Å². The Hall–Kier alpha value is -5.80. The Morgan fingerprint density at radius 2 is 0.863 bits per heavy atom. The predicted molar refractivity (Wildman–Crippen MR) is 214 cm³/mol. The Balaban J connectivity index is 1.34. The second-order valence-electron chi connectivity index (χ2n) is 15.6. The average Bonchev–Trinajstić information content (AvgIpc) is 3.54. The molecular weight excluding hydrogens is 621 g/mol. The number of para-hydroxylation sites is 2. The Morgan fingerprint density at radius 1 is 0.392 bits per heavy atom. The van der Waals surface area contributed by atoms with Crippen LogP contribution in [0, 0.1) is 0 Å². The zero-order valence-corrected chi connectivity index (χ0v) is 30.2. The van der Waals surface area contributed by atoms with Crippen molar-refractivity contribution in [1.82, 2.24) is 9.97 Å². The molecule has 0 unspecified atom stereocenters. The summed E-state index contributed by atoms with van der Waals surface area (Å²) >= 11 is 0. The first-order chi connectivity index (χ1) is 24.5. The van der Waals surface area contributed by atoms with E-state index in [9.17, 15) is 0 Å². The second-order valence-corrected chi connectivity index (χ2v) is 15.6. The molecule has 3 heteroatoms. The number of nitrogens with zero attached hydrogens (tertiary/aromatic N) is 2. The minimum absolute atomic E-state index is 0.0192. The van der Waals surface area contributed by atoms with Crippen molar-refractivity contribution >= 4 is 21.9 Å². The minimum atomic E-state index is 0.0192. The Kier molecular flexibility index (Phi) is 7.95. The minimum Gasteiger partial charge on any atom is -0.455 e. The molecule has 5 aromatic carbocycles. The third-order valence-corrected chi connectivity index (χ3v) is 9.95. The summed E-state index contributed by atoms with van der Waals surface area (Å²) in [4.78, 5) is 8.83. The fourth-order valence-electron chi connectivity index (χ4n) is 7.06. The third-order valence-electron chi connectivity index (χ3n) is 9.95. The topological polar surface area (TPSA) is 38.9 Å². The molecule has 8 aromatic rings. The van der Waals surface area contributed by atoms with Gasteiger partial charge in [0.1, 0.15) is 11.2 Å². The van der Waals surface area contributed by atoms with Crippen molar-refractivity contribution in [2.24, 2.45) is 0 Å². The summed E-state index contributed by atoms with van der Waals surface area (Å²) in [5, 5.41) is 2.20. The molecule has 0 saturated carbocycles. The molecule has 0 aliphatic heterocycles. The van der Waals surface area contributed by atoms with Crippen LogP contribution in [0.3, 0.4) is 0 Å². The summed E-state index contributed by atoms with van der Waals surface area (Å²) in [6.45, 7) is 13.8. The summed E-state index contributed by atoms with van der Waals surface area (Å²) in [6, 6.07) is 43.8. The highest BCUT2D eigenvalue weighted by molar-refractivity contribution is 6.14. The number of hydrogen-bond acceptors (Lipinski definition) is 3. The molecule has 51 heavy (non-hydrogen) atoms. The average molecular weight is 663 g/mol. The van der Waals surface area contributed by atoms with Crippen LogP contribution in [0.15, 0.2) is 151 Å². The van der Waals surface area contributed by atoms with Crippen LogP contribution in [0.5, 0.6) is 0 Å². The van der Waals surface area contributed by atoms with E-state index in [0.717, 1.165) is 66.4 Å². The molecule has 0 amide bonds. The summed E-state index contributed by atoms with van der Waals surface area (Å²) in [6.07, 6.45) is 7.45. The number of fused-ring (bicyclic) bond motifs is 3. The van der Waals surface area contributed by atoms with Gasteiger partial charge in [-0.2, -0.15) is 0 Å². The first-order valence-corrected chi connectivity index (χ1v) is 17.7. The van der Waals surface area contributed by atoms with Gasteiger partial charge in [-0.25, -0.2) is 0 Å². The van der Waals surface area contributed by atoms with Crippen molar-refractivity contribution < 1.29 is 4.42 Å². The Morgan fingerprint density at radius 3 is 1.39 bits per heavy atom. The fourth-order valence-corrected chi connectivity index (χ4v) is 7.06. The van der Waals surface area contributed by atoms with Crippen molar-refractivity contribution in [3.63, 3.8) is 0 Å². The maximum atomic E-state index is 7.04. The predicted octanol–water partition coefficient (Wildman–Crippen LogP) is 13.3. The van der Waals surface area contributed by atoms with Crippen molar-refractivity contribution in [3.05, 3.63) is 157 Å². The van der Waals surface area contributed by atoms with Crippen LogP contribution in [-0.4, -0.2) is 9.97 Å². The molecule has 0 atom stereocenters. The zero-order chi connectivity index (χ0) is 35.3. The molecule has 0 saturated heterocycles. The fraction of sp³-hybridized carbons (Fsp3) is 0.167. The van der Waals surface area contributed by atoms with Crippen LogP contribution in [0.1, 0.15) is 52.7 Å². The lowest BCUT2D eigenvalue weighted by Gasteiger charge is -2.26. The van der Waals surface area contributed by atoms with Crippen LogP contribution in [0.2, 0.25) is 0 Å². The van der Waals surface area contributed by atoms with Gasteiger partial charge in [-0.15, -0.1) is 0 Å². The lowest BCUT2D eigenvalue weighted by molar-refractivity contribution is 0.569. The molecule has 0 aliphatic carbocycles. The molecule has 250 valence electrons. The maximum Gasteiger partial charge on any atom is 0.143 e. The van der Waals surface area contributed by atoms with Crippen molar-refractivity contribution in [2.75, 3.05) is 0 Å². The van der Waals surface area contributed by atoms with Gasteiger partial charge in [-0.05, 0) is 85.7 Å². The van der Waals surface area contributed by atoms with Gasteiger partial charge in [-0.1, -0.05) is 133 Å². The molecule has 3 nitrogen and oxygen atoms in total. The summed E-state index contributed by atoms with van der Waals surface area (Å²) in [7, 11) is 0. The van der Waals surface area contributed by atoms with Gasteiger partial charge in [0.15, 0.2) is 0 Å². The number of furan rings is 1. The molecule has 0 aliphatic rings. The van der Waals surface area contributed by atoms with Gasteiger partial charge in [-0.3, -0.25) is 9.97 Å². The van der Waals surface area contributed by atoms with Gasteiger partial charge < -0.3 is 4.42 Å². The second kappa shape index (κ2) is 12.5. The highest BCUT2D eigenvalue weighted by Crippen LogP contribution is 2.44. The van der Waals surface area contributed by atoms with Crippen LogP contribution < -0.4 is 0 Å². The van der Waals surface area contributed by atoms with Gasteiger partial charge in [0, 0.05) is 57.8 Å². The normalized spacial score (nSPS) is 12.1. The Bertz CT molecular complexity index is 2440. The molecule has 0 fully saturated rings. The number of hydrogen-bond donors (Lipinski definition) is 0. The number of pyridine rings is 2. The molecule has 0 N–H and O–H groups in total. The van der Waals surface area contributed by atoms with Crippen molar-refractivity contribution in [2.45, 2.75) is 52.4 Å². The van der Waals surface area contributed by atoms with Gasteiger partial charge in [0.05, 0.1) is 0 Å². The van der Waals surface area contributed by atoms with E-state index >= 15 is 0 Å². The molecule has 0 bridgehead atoms. The Labute approximate surface area is 300 Å². The zero-order valence-electron chi connectivity index (χ0n) is 30.2. The lowest BCUT2D eigenvalue weighted by Crippen LogP contribution is -2.16. The van der Waals surface area contributed by atoms with Gasteiger partial charge in [0.2, 0.25) is 0 Å². The molecule has 0 radical (unpaired) electrons. The van der Waals surface area contributed by atoms with E-state index in [-0.39, 0.29) is 10.8 Å². The van der Waals surface area contributed by atoms with E-state index in [1.54, 1.807) is 0 Å².